The Balaban J connectivity index is 3.23. The van der Waals surface area contributed by atoms with Crippen molar-refractivity contribution in [2.45, 2.75) is 40.0 Å². The van der Waals surface area contributed by atoms with Gasteiger partial charge in [-0.2, -0.15) is 26.3 Å². The minimum absolute atomic E-state index is 0.624. The predicted octanol–water partition coefficient (Wildman–Crippen LogP) is 4.41. The van der Waals surface area contributed by atoms with Crippen molar-refractivity contribution in [2.75, 3.05) is 0 Å². The molecule has 0 amide bonds. The molecule has 0 aromatic rings. The monoisotopic (exact) mass is 248 g/mol. The van der Waals surface area contributed by atoms with Crippen LogP contribution in [0.5, 0.6) is 0 Å². The van der Waals surface area contributed by atoms with Crippen molar-refractivity contribution in [2.24, 2.45) is 22.7 Å². The number of halogens is 6. The molecule has 96 valence electrons. The molecule has 0 nitrogen and oxygen atoms in total. The molecule has 0 aromatic carbocycles. The van der Waals surface area contributed by atoms with Crippen LogP contribution < -0.4 is 0 Å². The van der Waals surface area contributed by atoms with Crippen LogP contribution in [0.3, 0.4) is 0 Å². The summed E-state index contributed by atoms with van der Waals surface area (Å²) in [5.74, 6) is -3.39. The maximum absolute atomic E-state index is 12.9. The summed E-state index contributed by atoms with van der Waals surface area (Å²) in [4.78, 5) is 0. The van der Waals surface area contributed by atoms with Crippen LogP contribution in [0.2, 0.25) is 0 Å². The van der Waals surface area contributed by atoms with Crippen LogP contribution in [0.4, 0.5) is 26.3 Å². The molecule has 1 saturated carbocycles. The van der Waals surface area contributed by atoms with Crippen LogP contribution in [0.1, 0.15) is 27.7 Å². The van der Waals surface area contributed by atoms with Crippen molar-refractivity contribution in [3.8, 4) is 0 Å². The van der Waals surface area contributed by atoms with Gasteiger partial charge in [0.1, 0.15) is 0 Å². The Morgan fingerprint density at radius 3 is 1.38 bits per heavy atom. The van der Waals surface area contributed by atoms with Crippen molar-refractivity contribution in [3.05, 3.63) is 0 Å². The summed E-state index contributed by atoms with van der Waals surface area (Å²) in [7, 11) is 0. The molecule has 0 aliphatic heterocycles. The number of hydrogen-bond acceptors (Lipinski definition) is 0. The fraction of sp³-hybridized carbons (Fsp3) is 1.00. The third-order valence-corrected chi connectivity index (χ3v) is 4.39. The quantitative estimate of drug-likeness (QED) is 0.603. The highest BCUT2D eigenvalue weighted by atomic mass is 19.4. The lowest BCUT2D eigenvalue weighted by atomic mass is 9.82. The second kappa shape index (κ2) is 3.07. The first-order valence-corrected chi connectivity index (χ1v) is 4.94. The third kappa shape index (κ3) is 1.37. The van der Waals surface area contributed by atoms with E-state index in [1.807, 2.05) is 0 Å². The summed E-state index contributed by atoms with van der Waals surface area (Å²) in [5, 5.41) is 0. The number of hydrogen-bond donors (Lipinski definition) is 0. The summed E-state index contributed by atoms with van der Waals surface area (Å²) in [6.45, 7) is 4.34. The highest BCUT2D eigenvalue weighted by molar-refractivity contribution is 5.21. The van der Waals surface area contributed by atoms with Gasteiger partial charge in [-0.1, -0.05) is 27.7 Å². The topological polar surface area (TPSA) is 0 Å². The second-order valence-corrected chi connectivity index (χ2v) is 5.07. The molecular weight excluding hydrogens is 234 g/mol. The molecule has 0 heterocycles. The molecule has 0 spiro atoms. The van der Waals surface area contributed by atoms with Gasteiger partial charge in [-0.15, -0.1) is 0 Å². The molecule has 16 heavy (non-hydrogen) atoms. The van der Waals surface area contributed by atoms with Crippen LogP contribution in [-0.4, -0.2) is 12.4 Å². The van der Waals surface area contributed by atoms with Gasteiger partial charge in [0, 0.05) is 0 Å². The first-order valence-electron chi connectivity index (χ1n) is 4.94. The third-order valence-electron chi connectivity index (χ3n) is 4.39. The zero-order valence-corrected chi connectivity index (χ0v) is 9.42. The number of rotatable bonds is 1. The molecular formula is C10H14F6. The van der Waals surface area contributed by atoms with Crippen molar-refractivity contribution < 1.29 is 26.3 Å². The molecule has 0 saturated heterocycles. The fourth-order valence-corrected chi connectivity index (χ4v) is 3.11. The van der Waals surface area contributed by atoms with Crippen molar-refractivity contribution in [1.82, 2.24) is 0 Å². The minimum Gasteiger partial charge on any atom is -0.171 e. The molecule has 1 aliphatic rings. The van der Waals surface area contributed by atoms with E-state index in [1.165, 1.54) is 20.8 Å². The van der Waals surface area contributed by atoms with Gasteiger partial charge in [-0.05, 0) is 11.3 Å². The van der Waals surface area contributed by atoms with E-state index in [1.54, 1.807) is 0 Å². The number of alkyl halides is 6. The van der Waals surface area contributed by atoms with Crippen molar-refractivity contribution >= 4 is 0 Å². The maximum atomic E-state index is 12.9. The standard InChI is InChI=1S/C10H14F6/c1-5-7(3,4)8(5,10(14,15)16)6(2)9(11,12)13/h5-6H,1-4H3. The van der Waals surface area contributed by atoms with Gasteiger partial charge in [-0.25, -0.2) is 0 Å². The van der Waals surface area contributed by atoms with Crippen LogP contribution in [-0.2, 0) is 0 Å². The van der Waals surface area contributed by atoms with Crippen LogP contribution in [0, 0.1) is 22.7 Å². The predicted molar refractivity (Wildman–Crippen MR) is 46.7 cm³/mol. The lowest BCUT2D eigenvalue weighted by molar-refractivity contribution is -0.273. The van der Waals surface area contributed by atoms with Gasteiger partial charge in [0.15, 0.2) is 0 Å². The molecule has 0 bridgehead atoms. The Hall–Kier alpha value is -0.420. The summed E-state index contributed by atoms with van der Waals surface area (Å²) < 4.78 is 76.4. The molecule has 1 rings (SSSR count). The maximum Gasteiger partial charge on any atom is 0.395 e. The second-order valence-electron chi connectivity index (χ2n) is 5.07. The molecule has 1 fully saturated rings. The largest absolute Gasteiger partial charge is 0.395 e. The minimum atomic E-state index is -4.83. The average molecular weight is 248 g/mol. The molecule has 3 atom stereocenters. The molecule has 0 radical (unpaired) electrons. The molecule has 6 heteroatoms. The SMILES string of the molecule is CC(C(F)(F)F)C1(C(F)(F)F)C(C)C1(C)C. The van der Waals surface area contributed by atoms with Crippen LogP contribution >= 0.6 is 0 Å². The van der Waals surface area contributed by atoms with E-state index in [4.69, 9.17) is 0 Å². The average Bonchev–Trinajstić information content (AvgIpc) is 2.43. The van der Waals surface area contributed by atoms with Gasteiger partial charge in [0.05, 0.1) is 11.3 Å². The fourth-order valence-electron chi connectivity index (χ4n) is 3.11. The smallest absolute Gasteiger partial charge is 0.171 e. The summed E-state index contributed by atoms with van der Waals surface area (Å²) >= 11 is 0. The van der Waals surface area contributed by atoms with Crippen molar-refractivity contribution in [1.29, 1.82) is 0 Å². The normalized spacial score (nSPS) is 36.0. The molecule has 0 N–H and O–H groups in total. The summed E-state index contributed by atoms with van der Waals surface area (Å²) in [6, 6.07) is 0. The van der Waals surface area contributed by atoms with E-state index >= 15 is 0 Å². The van der Waals surface area contributed by atoms with Gasteiger partial charge in [0.2, 0.25) is 0 Å². The van der Waals surface area contributed by atoms with E-state index in [9.17, 15) is 26.3 Å². The lowest BCUT2D eigenvalue weighted by Gasteiger charge is -2.31. The van der Waals surface area contributed by atoms with Gasteiger partial charge < -0.3 is 0 Å². The van der Waals surface area contributed by atoms with E-state index in [2.05, 4.69) is 0 Å². The lowest BCUT2D eigenvalue weighted by Crippen LogP contribution is -2.42. The van der Waals surface area contributed by atoms with E-state index < -0.39 is 35.0 Å². The van der Waals surface area contributed by atoms with Gasteiger partial charge >= 0.3 is 12.4 Å². The Kier molecular flexibility index (Phi) is 2.62. The van der Waals surface area contributed by atoms with Gasteiger partial charge in [-0.3, -0.25) is 0 Å². The zero-order valence-electron chi connectivity index (χ0n) is 9.42. The zero-order chi connectivity index (χ0) is 13.2. The summed E-state index contributed by atoms with van der Waals surface area (Å²) in [6.07, 6.45) is -9.65. The van der Waals surface area contributed by atoms with E-state index in [0.29, 0.717) is 6.92 Å². The Labute approximate surface area is 90.0 Å². The van der Waals surface area contributed by atoms with E-state index in [-0.39, 0.29) is 0 Å². The molecule has 0 aromatic heterocycles. The summed E-state index contributed by atoms with van der Waals surface area (Å²) in [5.41, 5.74) is -4.00. The Morgan fingerprint density at radius 1 is 1.00 bits per heavy atom. The Bertz CT molecular complexity index is 275. The first kappa shape index (κ1) is 13.6. The molecule has 1 aliphatic carbocycles. The van der Waals surface area contributed by atoms with Crippen LogP contribution in [0.25, 0.3) is 0 Å². The van der Waals surface area contributed by atoms with Crippen molar-refractivity contribution in [3.63, 3.8) is 0 Å². The first-order chi connectivity index (χ1) is 6.81. The van der Waals surface area contributed by atoms with Crippen LogP contribution in [0.15, 0.2) is 0 Å². The Morgan fingerprint density at radius 2 is 1.31 bits per heavy atom. The highest BCUT2D eigenvalue weighted by Crippen LogP contribution is 2.79. The van der Waals surface area contributed by atoms with E-state index in [0.717, 1.165) is 0 Å². The highest BCUT2D eigenvalue weighted by Gasteiger charge is 2.85. The molecule has 3 unspecified atom stereocenters. The van der Waals surface area contributed by atoms with Gasteiger partial charge in [0.25, 0.3) is 0 Å².